The molecule has 1 heterocycles. The normalized spacial score (nSPS) is 39.5. The number of rotatable bonds is 0. The summed E-state index contributed by atoms with van der Waals surface area (Å²) in [4.78, 5) is 0. The first kappa shape index (κ1) is 4.55. The van der Waals surface area contributed by atoms with Crippen molar-refractivity contribution in [3.63, 3.8) is 0 Å². The minimum Gasteiger partial charge on any atom is -0.284 e. The second-order valence-corrected chi connectivity index (χ2v) is 4.69. The lowest BCUT2D eigenvalue weighted by molar-refractivity contribution is 0.807. The molecule has 1 aliphatic heterocycles. The molecule has 0 aliphatic carbocycles. The van der Waals surface area contributed by atoms with Crippen LogP contribution in [0.15, 0.2) is 0 Å². The van der Waals surface area contributed by atoms with Gasteiger partial charge in [0.25, 0.3) is 0 Å². The monoisotopic (exact) mass is 103 g/mol. The Balaban J connectivity index is 2.41. The molecule has 6 heavy (non-hydrogen) atoms. The van der Waals surface area contributed by atoms with E-state index in [9.17, 15) is 0 Å². The topological polar surface area (TPSA) is 21.9 Å². The van der Waals surface area contributed by atoms with E-state index in [2.05, 4.69) is 25.6 Å². The Morgan fingerprint density at radius 2 is 1.67 bits per heavy atom. The second kappa shape index (κ2) is 0.962. The van der Waals surface area contributed by atoms with Crippen LogP contribution in [0.1, 0.15) is 13.8 Å². The second-order valence-electron chi connectivity index (χ2n) is 2.23. The first-order chi connectivity index (χ1) is 2.63. The molecule has 36 valence electrons. The van der Waals surface area contributed by atoms with Crippen molar-refractivity contribution in [2.45, 2.75) is 19.1 Å². The average molecular weight is 103 g/mol. The Morgan fingerprint density at radius 3 is 1.67 bits per heavy atom. The average Bonchev–Trinajstić information content (AvgIpc) is 1.73. The van der Waals surface area contributed by atoms with E-state index in [1.165, 1.54) is 0 Å². The molecule has 1 N–H and O–H groups in total. The third-order valence-corrected chi connectivity index (χ3v) is 3.69. The van der Waals surface area contributed by atoms with E-state index in [1.54, 1.807) is 0 Å². The maximum Gasteiger partial charge on any atom is 0.0490 e. The summed E-state index contributed by atoms with van der Waals surface area (Å²) in [5.74, 6) is 0. The van der Waals surface area contributed by atoms with E-state index in [0.717, 1.165) is 0 Å². The molecule has 0 aromatic heterocycles. The van der Waals surface area contributed by atoms with E-state index in [4.69, 9.17) is 0 Å². The van der Waals surface area contributed by atoms with Gasteiger partial charge in [-0.2, -0.15) is 0 Å². The van der Waals surface area contributed by atoms with Crippen LogP contribution >= 0.6 is 8.07 Å². The van der Waals surface area contributed by atoms with Gasteiger partial charge in [0.15, 0.2) is 0 Å². The van der Waals surface area contributed by atoms with Crippen LogP contribution in [0.5, 0.6) is 0 Å². The summed E-state index contributed by atoms with van der Waals surface area (Å²) in [6.07, 6.45) is 0. The van der Waals surface area contributed by atoms with Crippen LogP contribution in [-0.2, 0) is 0 Å². The Hall–Kier alpha value is 0.390. The fraction of sp³-hybridized carbons (Fsp3) is 1.00. The van der Waals surface area contributed by atoms with Crippen LogP contribution in [0.25, 0.3) is 0 Å². The van der Waals surface area contributed by atoms with Crippen molar-refractivity contribution in [1.29, 1.82) is 0 Å². The molecule has 1 saturated heterocycles. The third-order valence-electron chi connectivity index (χ3n) is 1.23. The van der Waals surface area contributed by atoms with Crippen molar-refractivity contribution in [3.8, 4) is 0 Å². The highest BCUT2D eigenvalue weighted by Crippen LogP contribution is 2.57. The van der Waals surface area contributed by atoms with Gasteiger partial charge >= 0.3 is 0 Å². The highest BCUT2D eigenvalue weighted by molar-refractivity contribution is 7.63. The first-order valence-electron chi connectivity index (χ1n) is 2.14. The number of hydrogen-bond acceptors (Lipinski definition) is 1. The SMILES string of the molecule is CP1NC1(C)C. The van der Waals surface area contributed by atoms with Crippen LogP contribution in [0.3, 0.4) is 0 Å². The lowest BCUT2D eigenvalue weighted by Crippen LogP contribution is -1.97. The molecule has 0 aromatic carbocycles. The van der Waals surface area contributed by atoms with Crippen molar-refractivity contribution >= 4 is 8.07 Å². The van der Waals surface area contributed by atoms with Gasteiger partial charge in [-0.1, -0.05) is 0 Å². The predicted molar refractivity (Wildman–Crippen MR) is 30.1 cm³/mol. The van der Waals surface area contributed by atoms with E-state index < -0.39 is 0 Å². The fourth-order valence-electron chi connectivity index (χ4n) is 0.385. The molecule has 0 amide bonds. The summed E-state index contributed by atoms with van der Waals surface area (Å²) in [7, 11) is 0.236. The van der Waals surface area contributed by atoms with Gasteiger partial charge in [0.1, 0.15) is 0 Å². The van der Waals surface area contributed by atoms with Crippen molar-refractivity contribution in [3.05, 3.63) is 0 Å². The summed E-state index contributed by atoms with van der Waals surface area (Å²) >= 11 is 0. The Labute approximate surface area is 39.9 Å². The minimum absolute atomic E-state index is 0.236. The smallest absolute Gasteiger partial charge is 0.0490 e. The van der Waals surface area contributed by atoms with E-state index in [-0.39, 0.29) is 8.07 Å². The molecule has 2 heteroatoms. The van der Waals surface area contributed by atoms with Crippen LogP contribution in [0, 0.1) is 0 Å². The summed E-state index contributed by atoms with van der Waals surface area (Å²) in [6, 6.07) is 0. The quantitative estimate of drug-likeness (QED) is 0.363. The van der Waals surface area contributed by atoms with E-state index >= 15 is 0 Å². The maximum absolute atomic E-state index is 3.34. The molecule has 1 nitrogen and oxygen atoms in total. The van der Waals surface area contributed by atoms with Gasteiger partial charge in [0.05, 0.1) is 0 Å². The van der Waals surface area contributed by atoms with Gasteiger partial charge in [-0.05, 0) is 28.6 Å². The predicted octanol–water partition coefficient (Wildman–Crippen LogP) is 1.35. The lowest BCUT2D eigenvalue weighted by Gasteiger charge is -1.87. The Morgan fingerprint density at radius 1 is 1.50 bits per heavy atom. The highest BCUT2D eigenvalue weighted by Gasteiger charge is 2.40. The van der Waals surface area contributed by atoms with Gasteiger partial charge in [0.2, 0.25) is 0 Å². The summed E-state index contributed by atoms with van der Waals surface area (Å²) in [6.45, 7) is 6.73. The van der Waals surface area contributed by atoms with E-state index in [0.29, 0.717) is 5.28 Å². The molecular formula is C4H10NP. The summed E-state index contributed by atoms with van der Waals surface area (Å²) < 4.78 is 0. The Kier molecular flexibility index (Phi) is 0.729. The Bertz CT molecular complexity index is 69.9. The van der Waals surface area contributed by atoms with Crippen LogP contribution in [-0.4, -0.2) is 11.9 Å². The third kappa shape index (κ3) is 0.572. The fourth-order valence-corrected chi connectivity index (χ4v) is 1.46. The van der Waals surface area contributed by atoms with Gasteiger partial charge in [0, 0.05) is 5.28 Å². The van der Waals surface area contributed by atoms with Crippen molar-refractivity contribution in [2.75, 3.05) is 6.66 Å². The molecule has 0 radical (unpaired) electrons. The molecule has 0 saturated carbocycles. The number of hydrogen-bond donors (Lipinski definition) is 1. The zero-order valence-corrected chi connectivity index (χ0v) is 5.34. The molecule has 1 fully saturated rings. The molecular weight excluding hydrogens is 93.0 g/mol. The molecule has 1 atom stereocenters. The van der Waals surface area contributed by atoms with E-state index in [1.807, 2.05) is 0 Å². The van der Waals surface area contributed by atoms with Crippen LogP contribution in [0.4, 0.5) is 0 Å². The zero-order valence-electron chi connectivity index (χ0n) is 4.45. The van der Waals surface area contributed by atoms with Crippen molar-refractivity contribution in [1.82, 2.24) is 5.09 Å². The van der Waals surface area contributed by atoms with Gasteiger partial charge in [-0.3, -0.25) is 5.09 Å². The van der Waals surface area contributed by atoms with Crippen molar-refractivity contribution < 1.29 is 0 Å². The van der Waals surface area contributed by atoms with Crippen LogP contribution in [0.2, 0.25) is 0 Å². The highest BCUT2D eigenvalue weighted by atomic mass is 31.1. The molecule has 0 bridgehead atoms. The van der Waals surface area contributed by atoms with Crippen molar-refractivity contribution in [2.24, 2.45) is 0 Å². The first-order valence-corrected chi connectivity index (χ1v) is 3.93. The minimum atomic E-state index is 0.236. The van der Waals surface area contributed by atoms with Gasteiger partial charge in [-0.15, -0.1) is 0 Å². The summed E-state index contributed by atoms with van der Waals surface area (Å²) in [5.41, 5.74) is 0. The lowest BCUT2D eigenvalue weighted by atomic mass is 10.4. The van der Waals surface area contributed by atoms with Gasteiger partial charge < -0.3 is 0 Å². The molecule has 0 spiro atoms. The zero-order chi connectivity index (χ0) is 4.78. The van der Waals surface area contributed by atoms with Crippen LogP contribution < -0.4 is 5.09 Å². The maximum atomic E-state index is 3.34. The molecule has 0 aromatic rings. The number of nitrogens with one attached hydrogen (secondary N) is 1. The van der Waals surface area contributed by atoms with Gasteiger partial charge in [-0.25, -0.2) is 0 Å². The largest absolute Gasteiger partial charge is 0.284 e. The molecule has 1 rings (SSSR count). The standard InChI is InChI=1S/C4H10NP/c1-4(2)5-6(4)3/h5H,1-3H3. The molecule has 1 unspecified atom stereocenters. The molecule has 1 aliphatic rings. The summed E-state index contributed by atoms with van der Waals surface area (Å²) in [5, 5.41) is 3.86.